The molecule has 0 amide bonds. The van der Waals surface area contributed by atoms with Gasteiger partial charge in [0.2, 0.25) is 0 Å². The normalized spacial score (nSPS) is 13.8. The van der Waals surface area contributed by atoms with Gasteiger partial charge in [0.05, 0.1) is 11.1 Å². The van der Waals surface area contributed by atoms with Gasteiger partial charge in [0, 0.05) is 6.20 Å². The Morgan fingerprint density at radius 3 is 3.15 bits per heavy atom. The number of fused-ring (bicyclic) bond motifs is 1. The number of H-pyrrole nitrogens is 1. The van der Waals surface area contributed by atoms with Crippen LogP contribution in [-0.4, -0.2) is 24.9 Å². The van der Waals surface area contributed by atoms with Gasteiger partial charge in [-0.3, -0.25) is 4.72 Å². The average Bonchev–Trinajstić information content (AvgIpc) is 2.93. The van der Waals surface area contributed by atoms with E-state index in [-0.39, 0.29) is 0 Å². The van der Waals surface area contributed by atoms with Crippen molar-refractivity contribution in [3.8, 4) is 0 Å². The smallest absolute Gasteiger partial charge is 0.150 e. The van der Waals surface area contributed by atoms with E-state index in [9.17, 15) is 4.21 Å². The maximum atomic E-state index is 12.1. The summed E-state index contributed by atoms with van der Waals surface area (Å²) in [5.41, 5.74) is 1.69. The third-order valence-electron chi connectivity index (χ3n) is 2.68. The van der Waals surface area contributed by atoms with E-state index in [0.29, 0.717) is 11.6 Å². The Bertz CT molecular complexity index is 687. The van der Waals surface area contributed by atoms with Crippen LogP contribution in [0.15, 0.2) is 55.0 Å². The Hall–Kier alpha value is -2.21. The lowest BCUT2D eigenvalue weighted by molar-refractivity contribution is 0.687. The zero-order valence-electron chi connectivity index (χ0n) is 11.2. The highest BCUT2D eigenvalue weighted by Gasteiger charge is 2.08. The number of allylic oxidation sites excluding steroid dienone is 4. The number of rotatable bonds is 6. The Balaban J connectivity index is 2.10. The summed E-state index contributed by atoms with van der Waals surface area (Å²) >= 11 is 0. The van der Waals surface area contributed by atoms with Crippen LogP contribution in [0, 0.1) is 0 Å². The summed E-state index contributed by atoms with van der Waals surface area (Å²) in [6, 6.07) is 1.85. The van der Waals surface area contributed by atoms with Crippen molar-refractivity contribution in [1.29, 1.82) is 0 Å². The van der Waals surface area contributed by atoms with E-state index in [2.05, 4.69) is 26.3 Å². The molecule has 5 nitrogen and oxygen atoms in total. The summed E-state index contributed by atoms with van der Waals surface area (Å²) in [4.78, 5) is 11.2. The Morgan fingerprint density at radius 2 is 2.40 bits per heavy atom. The van der Waals surface area contributed by atoms with Gasteiger partial charge in [0.25, 0.3) is 0 Å². The van der Waals surface area contributed by atoms with Crippen molar-refractivity contribution in [2.24, 2.45) is 0 Å². The van der Waals surface area contributed by atoms with E-state index in [1.54, 1.807) is 12.3 Å². The molecular formula is C14H16N4OS. The second-order valence-electron chi connectivity index (χ2n) is 4.01. The number of anilines is 1. The Kier molecular flexibility index (Phi) is 4.84. The van der Waals surface area contributed by atoms with Crippen molar-refractivity contribution in [3.63, 3.8) is 0 Å². The summed E-state index contributed by atoms with van der Waals surface area (Å²) in [6.45, 7) is 5.53. The second-order valence-corrected chi connectivity index (χ2v) is 5.20. The van der Waals surface area contributed by atoms with Crippen LogP contribution >= 0.6 is 0 Å². The maximum Gasteiger partial charge on any atom is 0.150 e. The Morgan fingerprint density at radius 1 is 1.55 bits per heavy atom. The summed E-state index contributed by atoms with van der Waals surface area (Å²) in [5, 5.41) is 0.824. The van der Waals surface area contributed by atoms with E-state index < -0.39 is 11.0 Å². The van der Waals surface area contributed by atoms with Crippen LogP contribution in [0.1, 0.15) is 6.92 Å². The molecule has 0 fully saturated rings. The largest absolute Gasteiger partial charge is 0.346 e. The number of aromatic amines is 1. The van der Waals surface area contributed by atoms with Gasteiger partial charge in [-0.2, -0.15) is 0 Å². The molecule has 0 saturated carbocycles. The average molecular weight is 288 g/mol. The summed E-state index contributed by atoms with van der Waals surface area (Å²) in [7, 11) is -1.25. The van der Waals surface area contributed by atoms with E-state index in [1.807, 2.05) is 31.2 Å². The molecule has 0 spiro atoms. The van der Waals surface area contributed by atoms with Crippen molar-refractivity contribution < 1.29 is 4.21 Å². The van der Waals surface area contributed by atoms with E-state index in [0.717, 1.165) is 16.6 Å². The van der Waals surface area contributed by atoms with Gasteiger partial charge >= 0.3 is 0 Å². The maximum absolute atomic E-state index is 12.1. The number of hydrogen-bond acceptors (Lipinski definition) is 3. The van der Waals surface area contributed by atoms with Crippen molar-refractivity contribution in [2.75, 3.05) is 10.5 Å². The molecule has 104 valence electrons. The minimum absolute atomic E-state index is 0.400. The molecule has 0 aliphatic heterocycles. The molecule has 0 aliphatic carbocycles. The molecule has 2 heterocycles. The quantitative estimate of drug-likeness (QED) is 0.803. The highest BCUT2D eigenvalue weighted by Crippen LogP contribution is 2.18. The van der Waals surface area contributed by atoms with Crippen LogP contribution in [-0.2, 0) is 11.0 Å². The number of nitrogens with one attached hydrogen (secondary N) is 2. The summed E-state index contributed by atoms with van der Waals surface area (Å²) in [6.07, 6.45) is 10.5. The fourth-order valence-electron chi connectivity index (χ4n) is 1.67. The molecule has 0 saturated heterocycles. The molecule has 2 N–H and O–H groups in total. The van der Waals surface area contributed by atoms with Crippen molar-refractivity contribution >= 4 is 27.8 Å². The second kappa shape index (κ2) is 6.81. The van der Waals surface area contributed by atoms with Crippen LogP contribution in [0.4, 0.5) is 5.82 Å². The number of aromatic nitrogens is 3. The third kappa shape index (κ3) is 3.42. The molecule has 1 atom stereocenters. The fourth-order valence-corrected chi connectivity index (χ4v) is 2.68. The van der Waals surface area contributed by atoms with E-state index >= 15 is 0 Å². The first-order valence-electron chi connectivity index (χ1n) is 6.12. The molecule has 0 bridgehead atoms. The van der Waals surface area contributed by atoms with Crippen LogP contribution in [0.25, 0.3) is 11.0 Å². The van der Waals surface area contributed by atoms with Gasteiger partial charge in [-0.25, -0.2) is 14.2 Å². The molecule has 0 radical (unpaired) electrons. The molecule has 2 rings (SSSR count). The minimum atomic E-state index is -1.25. The van der Waals surface area contributed by atoms with Crippen molar-refractivity contribution in [1.82, 2.24) is 15.0 Å². The zero-order valence-corrected chi connectivity index (χ0v) is 12.0. The standard InChI is InChI=1S/C14H16N4OS/c1-3-5-6-11(4-2)9-20(19)18-14-12-7-8-15-13(12)16-10-17-14/h3-8,10H,1,9H2,2H3,(H2,15,16,17,18)/b6-5-,11-4+. The molecule has 1 unspecified atom stereocenters. The fraction of sp³-hybridized carbons (Fsp3) is 0.143. The van der Waals surface area contributed by atoms with Gasteiger partial charge in [-0.15, -0.1) is 0 Å². The zero-order chi connectivity index (χ0) is 14.4. The molecule has 20 heavy (non-hydrogen) atoms. The summed E-state index contributed by atoms with van der Waals surface area (Å²) in [5.74, 6) is 0.967. The predicted molar refractivity (Wildman–Crippen MR) is 83.6 cm³/mol. The lowest BCUT2D eigenvalue weighted by Crippen LogP contribution is -2.11. The number of nitrogens with zero attached hydrogens (tertiary/aromatic N) is 2. The minimum Gasteiger partial charge on any atom is -0.346 e. The lowest BCUT2D eigenvalue weighted by atomic mass is 10.2. The molecule has 2 aromatic rings. The van der Waals surface area contributed by atoms with Gasteiger partial charge in [-0.05, 0) is 18.6 Å². The lowest BCUT2D eigenvalue weighted by Gasteiger charge is -2.06. The van der Waals surface area contributed by atoms with Gasteiger partial charge in [0.15, 0.2) is 5.82 Å². The first kappa shape index (κ1) is 14.2. The highest BCUT2D eigenvalue weighted by atomic mass is 32.2. The summed E-state index contributed by atoms with van der Waals surface area (Å²) < 4.78 is 15.1. The first-order valence-corrected chi connectivity index (χ1v) is 7.44. The van der Waals surface area contributed by atoms with Crippen molar-refractivity contribution in [3.05, 3.63) is 55.0 Å². The van der Waals surface area contributed by atoms with Crippen LogP contribution in [0.2, 0.25) is 0 Å². The molecular weight excluding hydrogens is 272 g/mol. The van der Waals surface area contributed by atoms with Crippen LogP contribution in [0.3, 0.4) is 0 Å². The third-order valence-corrected chi connectivity index (χ3v) is 3.70. The van der Waals surface area contributed by atoms with Crippen molar-refractivity contribution in [2.45, 2.75) is 6.92 Å². The van der Waals surface area contributed by atoms with Crippen LogP contribution in [0.5, 0.6) is 0 Å². The molecule has 0 aliphatic rings. The van der Waals surface area contributed by atoms with E-state index in [1.165, 1.54) is 6.33 Å². The predicted octanol–water partition coefficient (Wildman–Crippen LogP) is 2.72. The van der Waals surface area contributed by atoms with E-state index in [4.69, 9.17) is 0 Å². The van der Waals surface area contributed by atoms with Crippen LogP contribution < -0.4 is 4.72 Å². The SMILES string of the molecule is C=C/C=C\C(=C/C)CS(=O)Nc1ncnc2[nH]ccc12. The molecule has 6 heteroatoms. The highest BCUT2D eigenvalue weighted by molar-refractivity contribution is 7.86. The molecule has 2 aromatic heterocycles. The van der Waals surface area contributed by atoms with Gasteiger partial charge in [-0.1, -0.05) is 30.9 Å². The van der Waals surface area contributed by atoms with Gasteiger partial charge < -0.3 is 4.98 Å². The van der Waals surface area contributed by atoms with Gasteiger partial charge in [0.1, 0.15) is 23.0 Å². The monoisotopic (exact) mass is 288 g/mol. The topological polar surface area (TPSA) is 70.7 Å². The number of hydrogen-bond donors (Lipinski definition) is 2. The Labute approximate surface area is 120 Å². The molecule has 0 aromatic carbocycles. The first-order chi connectivity index (χ1) is 9.74.